The molecule has 0 bridgehead atoms. The number of carbonyl (C=O) groups excluding carboxylic acids is 2. The molecule has 2 N–H and O–H groups in total. The third kappa shape index (κ3) is 3.73. The van der Waals surface area contributed by atoms with Crippen LogP contribution in [0.15, 0.2) is 18.3 Å². The highest BCUT2D eigenvalue weighted by atomic mass is 16.5. The zero-order valence-corrected chi connectivity index (χ0v) is 10.6. The highest BCUT2D eigenvalue weighted by Gasteiger charge is 2.26. The first-order chi connectivity index (χ1) is 9.01. The summed E-state index contributed by atoms with van der Waals surface area (Å²) in [4.78, 5) is 26.3. The first kappa shape index (κ1) is 15.1. The van der Waals surface area contributed by atoms with E-state index < -0.39 is 30.6 Å². The van der Waals surface area contributed by atoms with E-state index in [0.717, 1.165) is 0 Å². The van der Waals surface area contributed by atoms with Gasteiger partial charge in [-0.2, -0.15) is 0 Å². The molecule has 0 fully saturated rings. The van der Waals surface area contributed by atoms with Gasteiger partial charge in [-0.15, -0.1) is 0 Å². The Labute approximate surface area is 109 Å². The predicted molar refractivity (Wildman–Crippen MR) is 63.2 cm³/mol. The lowest BCUT2D eigenvalue weighted by Gasteiger charge is -2.18. The molecule has 0 aliphatic rings. The number of hydrogen-bond acceptors (Lipinski definition) is 7. The van der Waals surface area contributed by atoms with Crippen molar-refractivity contribution in [1.82, 2.24) is 4.98 Å². The van der Waals surface area contributed by atoms with Gasteiger partial charge in [-0.3, -0.25) is 4.79 Å². The van der Waals surface area contributed by atoms with Gasteiger partial charge in [0.05, 0.1) is 26.7 Å². The van der Waals surface area contributed by atoms with Crippen molar-refractivity contribution in [3.63, 3.8) is 0 Å². The number of esters is 2. The van der Waals surface area contributed by atoms with Gasteiger partial charge in [0.15, 0.2) is 5.69 Å². The number of carbonyl (C=O) groups is 2. The molecule has 1 aromatic heterocycles. The van der Waals surface area contributed by atoms with Crippen molar-refractivity contribution in [2.75, 3.05) is 14.2 Å². The number of aliphatic hydroxyl groups excluding tert-OH is 2. The number of hydrogen-bond donors (Lipinski definition) is 2. The van der Waals surface area contributed by atoms with Gasteiger partial charge in [0.1, 0.15) is 6.10 Å². The fraction of sp³-hybridized carbons (Fsp3) is 0.417. The van der Waals surface area contributed by atoms with Gasteiger partial charge in [0.25, 0.3) is 0 Å². The summed E-state index contributed by atoms with van der Waals surface area (Å²) >= 11 is 0. The first-order valence-electron chi connectivity index (χ1n) is 5.47. The van der Waals surface area contributed by atoms with Crippen LogP contribution < -0.4 is 0 Å². The molecule has 1 heterocycles. The van der Waals surface area contributed by atoms with Crippen LogP contribution in [0.3, 0.4) is 0 Å². The maximum Gasteiger partial charge on any atom is 0.357 e. The van der Waals surface area contributed by atoms with Crippen molar-refractivity contribution in [2.45, 2.75) is 18.6 Å². The first-order valence-corrected chi connectivity index (χ1v) is 5.47. The summed E-state index contributed by atoms with van der Waals surface area (Å²) in [5, 5.41) is 19.7. The minimum absolute atomic E-state index is 0.0887. The van der Waals surface area contributed by atoms with E-state index in [1.165, 1.54) is 32.5 Å². The number of methoxy groups -OCH3 is 2. The van der Waals surface area contributed by atoms with Crippen LogP contribution in [0, 0.1) is 0 Å². The lowest BCUT2D eigenvalue weighted by Crippen LogP contribution is -2.24. The second-order valence-corrected chi connectivity index (χ2v) is 3.73. The Bertz CT molecular complexity index is 461. The molecule has 0 amide bonds. The Morgan fingerprint density at radius 2 is 2.00 bits per heavy atom. The number of pyridine rings is 1. The van der Waals surface area contributed by atoms with E-state index in [9.17, 15) is 19.8 Å². The third-order valence-electron chi connectivity index (χ3n) is 2.50. The van der Waals surface area contributed by atoms with Gasteiger partial charge in [-0.25, -0.2) is 9.78 Å². The standard InChI is InChI=1S/C12H15NO6/c1-18-9(15)6-8(14)11(16)7-4-3-5-13-10(7)12(17)19-2/h3-5,8,11,14,16H,6H2,1-2H3. The van der Waals surface area contributed by atoms with Crippen molar-refractivity contribution in [3.05, 3.63) is 29.6 Å². The van der Waals surface area contributed by atoms with Crippen LogP contribution in [-0.2, 0) is 14.3 Å². The van der Waals surface area contributed by atoms with Gasteiger partial charge in [0.2, 0.25) is 0 Å². The second-order valence-electron chi connectivity index (χ2n) is 3.73. The van der Waals surface area contributed by atoms with Gasteiger partial charge in [-0.05, 0) is 6.07 Å². The average molecular weight is 269 g/mol. The Balaban J connectivity index is 2.95. The molecular weight excluding hydrogens is 254 g/mol. The van der Waals surface area contributed by atoms with Crippen LogP contribution in [0.5, 0.6) is 0 Å². The second kappa shape index (κ2) is 6.81. The molecule has 0 spiro atoms. The molecule has 0 saturated carbocycles. The van der Waals surface area contributed by atoms with Crippen molar-refractivity contribution in [3.8, 4) is 0 Å². The summed E-state index contributed by atoms with van der Waals surface area (Å²) < 4.78 is 8.91. The SMILES string of the molecule is COC(=O)CC(O)C(O)c1cccnc1C(=O)OC. The Morgan fingerprint density at radius 3 is 2.58 bits per heavy atom. The molecule has 19 heavy (non-hydrogen) atoms. The lowest BCUT2D eigenvalue weighted by atomic mass is 10.0. The van der Waals surface area contributed by atoms with E-state index in [0.29, 0.717) is 0 Å². The molecular formula is C12H15NO6. The summed E-state index contributed by atoms with van der Waals surface area (Å²) in [6.07, 6.45) is -1.88. The quantitative estimate of drug-likeness (QED) is 0.714. The van der Waals surface area contributed by atoms with E-state index in [4.69, 9.17) is 0 Å². The summed E-state index contributed by atoms with van der Waals surface area (Å²) in [6, 6.07) is 2.92. The number of aliphatic hydroxyl groups is 2. The molecule has 104 valence electrons. The van der Waals surface area contributed by atoms with Crippen LogP contribution in [0.25, 0.3) is 0 Å². The van der Waals surface area contributed by atoms with Crippen molar-refractivity contribution in [1.29, 1.82) is 0 Å². The molecule has 0 aromatic carbocycles. The van der Waals surface area contributed by atoms with Crippen molar-refractivity contribution >= 4 is 11.9 Å². The highest BCUT2D eigenvalue weighted by Crippen LogP contribution is 2.22. The molecule has 0 radical (unpaired) electrons. The van der Waals surface area contributed by atoms with Crippen LogP contribution in [0.2, 0.25) is 0 Å². The number of rotatable bonds is 5. The molecule has 2 unspecified atom stereocenters. The van der Waals surface area contributed by atoms with E-state index in [-0.39, 0.29) is 11.3 Å². The lowest BCUT2D eigenvalue weighted by molar-refractivity contribution is -0.144. The zero-order chi connectivity index (χ0) is 14.4. The van der Waals surface area contributed by atoms with Gasteiger partial charge < -0.3 is 19.7 Å². The maximum atomic E-state index is 11.5. The van der Waals surface area contributed by atoms with Crippen LogP contribution in [0.4, 0.5) is 0 Å². The minimum atomic E-state index is -1.44. The fourth-order valence-corrected chi connectivity index (χ4v) is 1.50. The largest absolute Gasteiger partial charge is 0.469 e. The molecule has 7 nitrogen and oxygen atoms in total. The van der Waals surface area contributed by atoms with Crippen molar-refractivity contribution < 1.29 is 29.3 Å². The van der Waals surface area contributed by atoms with Gasteiger partial charge in [0, 0.05) is 11.8 Å². The van der Waals surface area contributed by atoms with Crippen LogP contribution in [-0.4, -0.2) is 47.5 Å². The maximum absolute atomic E-state index is 11.5. The van der Waals surface area contributed by atoms with E-state index in [2.05, 4.69) is 14.5 Å². The molecule has 7 heteroatoms. The highest BCUT2D eigenvalue weighted by molar-refractivity contribution is 5.88. The average Bonchev–Trinajstić information content (AvgIpc) is 2.45. The minimum Gasteiger partial charge on any atom is -0.469 e. The molecule has 1 rings (SSSR count). The number of ether oxygens (including phenoxy) is 2. The Morgan fingerprint density at radius 1 is 1.32 bits per heavy atom. The smallest absolute Gasteiger partial charge is 0.357 e. The van der Waals surface area contributed by atoms with Crippen LogP contribution >= 0.6 is 0 Å². The molecule has 0 aliphatic carbocycles. The van der Waals surface area contributed by atoms with E-state index >= 15 is 0 Å². The summed E-state index contributed by atoms with van der Waals surface area (Å²) in [5.41, 5.74) is -0.0211. The van der Waals surface area contributed by atoms with Gasteiger partial charge >= 0.3 is 11.9 Å². The summed E-state index contributed by atoms with van der Waals surface area (Å²) in [5.74, 6) is -1.41. The molecule has 0 aliphatic heterocycles. The number of nitrogens with zero attached hydrogens (tertiary/aromatic N) is 1. The molecule has 1 aromatic rings. The monoisotopic (exact) mass is 269 g/mol. The normalized spacial score (nSPS) is 13.5. The number of aromatic nitrogens is 1. The Kier molecular flexibility index (Phi) is 5.40. The van der Waals surface area contributed by atoms with Gasteiger partial charge in [-0.1, -0.05) is 6.07 Å². The fourth-order valence-electron chi connectivity index (χ4n) is 1.50. The summed E-state index contributed by atoms with van der Waals surface area (Å²) in [7, 11) is 2.35. The topological polar surface area (TPSA) is 106 Å². The van der Waals surface area contributed by atoms with E-state index in [1.54, 1.807) is 0 Å². The van der Waals surface area contributed by atoms with Crippen molar-refractivity contribution in [2.24, 2.45) is 0 Å². The zero-order valence-electron chi connectivity index (χ0n) is 10.6. The Hall–Kier alpha value is -1.99. The third-order valence-corrected chi connectivity index (χ3v) is 2.50. The summed E-state index contributed by atoms with van der Waals surface area (Å²) in [6.45, 7) is 0. The predicted octanol–water partition coefficient (Wildman–Crippen LogP) is -0.174. The van der Waals surface area contributed by atoms with Crippen LogP contribution in [0.1, 0.15) is 28.6 Å². The molecule has 0 saturated heterocycles. The molecule has 2 atom stereocenters. The van der Waals surface area contributed by atoms with E-state index in [1.807, 2.05) is 0 Å².